The summed E-state index contributed by atoms with van der Waals surface area (Å²) in [4.78, 5) is 16.3. The molecule has 0 unspecified atom stereocenters. The van der Waals surface area contributed by atoms with Gasteiger partial charge in [-0.1, -0.05) is 6.07 Å². The Balaban J connectivity index is 1.48. The highest BCUT2D eigenvalue weighted by Gasteiger charge is 2.48. The van der Waals surface area contributed by atoms with Crippen LogP contribution in [0, 0.1) is 5.92 Å². The number of rotatable bonds is 3. The number of aromatic nitrogens is 2. The first-order chi connectivity index (χ1) is 10.2. The first-order valence-electron chi connectivity index (χ1n) is 7.56. The summed E-state index contributed by atoms with van der Waals surface area (Å²) in [6, 6.07) is 4.55. The summed E-state index contributed by atoms with van der Waals surface area (Å²) in [5.74, 6) is 0.908. The summed E-state index contributed by atoms with van der Waals surface area (Å²) < 4.78 is 1.82. The molecule has 1 saturated heterocycles. The van der Waals surface area contributed by atoms with E-state index in [0.717, 1.165) is 25.8 Å². The highest BCUT2D eigenvalue weighted by atomic mass is 32.1. The van der Waals surface area contributed by atoms with E-state index in [9.17, 15) is 4.79 Å². The van der Waals surface area contributed by atoms with Gasteiger partial charge in [0.05, 0.1) is 12.2 Å². The van der Waals surface area contributed by atoms with Gasteiger partial charge in [0.25, 0.3) is 0 Å². The maximum atomic E-state index is 12.8. The fourth-order valence-corrected chi connectivity index (χ4v) is 4.36. The second kappa shape index (κ2) is 4.98. The van der Waals surface area contributed by atoms with E-state index < -0.39 is 0 Å². The van der Waals surface area contributed by atoms with Crippen LogP contribution in [0.1, 0.15) is 41.7 Å². The second-order valence-corrected chi connectivity index (χ2v) is 7.08. The van der Waals surface area contributed by atoms with Crippen LogP contribution in [0.25, 0.3) is 0 Å². The number of aryl methyl sites for hydroxylation is 1. The SMILES string of the molecule is Cn1cc([C@@H]2C[C@@H]2C(=O)N2CCC[C@@H]2c2cccs2)cn1. The summed E-state index contributed by atoms with van der Waals surface area (Å²) >= 11 is 1.77. The van der Waals surface area contributed by atoms with E-state index in [0.29, 0.717) is 17.9 Å². The molecule has 1 aliphatic carbocycles. The zero-order chi connectivity index (χ0) is 14.4. The molecule has 0 radical (unpaired) electrons. The minimum atomic E-state index is 0.176. The number of amides is 1. The molecule has 4 rings (SSSR count). The Bertz CT molecular complexity index is 648. The van der Waals surface area contributed by atoms with Crippen molar-refractivity contribution >= 4 is 17.2 Å². The van der Waals surface area contributed by atoms with Crippen molar-refractivity contribution in [3.8, 4) is 0 Å². The molecule has 1 amide bonds. The van der Waals surface area contributed by atoms with Gasteiger partial charge in [-0.05, 0) is 42.2 Å². The van der Waals surface area contributed by atoms with Gasteiger partial charge in [0.15, 0.2) is 0 Å². The Morgan fingerprint density at radius 1 is 1.48 bits per heavy atom. The van der Waals surface area contributed by atoms with Crippen molar-refractivity contribution in [2.24, 2.45) is 13.0 Å². The number of hydrogen-bond donors (Lipinski definition) is 0. The van der Waals surface area contributed by atoms with Crippen molar-refractivity contribution in [3.05, 3.63) is 40.3 Å². The van der Waals surface area contributed by atoms with E-state index in [2.05, 4.69) is 27.5 Å². The quantitative estimate of drug-likeness (QED) is 0.874. The monoisotopic (exact) mass is 301 g/mol. The average molecular weight is 301 g/mol. The van der Waals surface area contributed by atoms with E-state index in [1.54, 1.807) is 11.3 Å². The predicted molar refractivity (Wildman–Crippen MR) is 82.1 cm³/mol. The molecule has 3 heterocycles. The molecule has 2 aromatic heterocycles. The topological polar surface area (TPSA) is 38.1 Å². The Hall–Kier alpha value is -1.62. The third-order valence-electron chi connectivity index (χ3n) is 4.67. The van der Waals surface area contributed by atoms with E-state index in [4.69, 9.17) is 0 Å². The molecule has 2 aromatic rings. The maximum absolute atomic E-state index is 12.8. The molecular weight excluding hydrogens is 282 g/mol. The lowest BCUT2D eigenvalue weighted by Crippen LogP contribution is -2.31. The fraction of sp³-hybridized carbons (Fsp3) is 0.500. The summed E-state index contributed by atoms with van der Waals surface area (Å²) in [6.07, 6.45) is 7.16. The number of likely N-dealkylation sites (tertiary alicyclic amines) is 1. The number of nitrogens with zero attached hydrogens (tertiary/aromatic N) is 3. The molecule has 2 fully saturated rings. The molecule has 4 nitrogen and oxygen atoms in total. The molecule has 1 aliphatic heterocycles. The number of carbonyl (C=O) groups excluding carboxylic acids is 1. The summed E-state index contributed by atoms with van der Waals surface area (Å²) in [7, 11) is 1.93. The van der Waals surface area contributed by atoms with Gasteiger partial charge in [-0.3, -0.25) is 9.48 Å². The van der Waals surface area contributed by atoms with Gasteiger partial charge in [0, 0.05) is 30.6 Å². The fourth-order valence-electron chi connectivity index (χ4n) is 3.49. The van der Waals surface area contributed by atoms with Crippen molar-refractivity contribution in [1.82, 2.24) is 14.7 Å². The second-order valence-electron chi connectivity index (χ2n) is 6.10. The van der Waals surface area contributed by atoms with E-state index >= 15 is 0 Å². The van der Waals surface area contributed by atoms with Gasteiger partial charge in [-0.25, -0.2) is 0 Å². The average Bonchev–Trinajstić information content (AvgIpc) is 2.94. The molecule has 0 N–H and O–H groups in total. The van der Waals surface area contributed by atoms with E-state index in [-0.39, 0.29) is 5.92 Å². The maximum Gasteiger partial charge on any atom is 0.226 e. The Morgan fingerprint density at radius 3 is 3.10 bits per heavy atom. The van der Waals surface area contributed by atoms with Gasteiger partial charge in [-0.2, -0.15) is 5.10 Å². The van der Waals surface area contributed by atoms with Crippen LogP contribution in [-0.2, 0) is 11.8 Å². The van der Waals surface area contributed by atoms with Crippen LogP contribution in [0.4, 0.5) is 0 Å². The zero-order valence-electron chi connectivity index (χ0n) is 12.1. The molecule has 21 heavy (non-hydrogen) atoms. The predicted octanol–water partition coefficient (Wildman–Crippen LogP) is 2.95. The van der Waals surface area contributed by atoms with E-state index in [1.165, 1.54) is 10.4 Å². The minimum Gasteiger partial charge on any atom is -0.335 e. The minimum absolute atomic E-state index is 0.176. The van der Waals surface area contributed by atoms with Crippen LogP contribution in [-0.4, -0.2) is 27.1 Å². The van der Waals surface area contributed by atoms with Crippen LogP contribution in [0.15, 0.2) is 29.9 Å². The Morgan fingerprint density at radius 2 is 2.38 bits per heavy atom. The van der Waals surface area contributed by atoms with Crippen molar-refractivity contribution in [2.45, 2.75) is 31.2 Å². The van der Waals surface area contributed by atoms with Crippen LogP contribution in [0.3, 0.4) is 0 Å². The van der Waals surface area contributed by atoms with E-state index in [1.807, 2.05) is 24.1 Å². The lowest BCUT2D eigenvalue weighted by molar-refractivity contribution is -0.133. The zero-order valence-corrected chi connectivity index (χ0v) is 12.9. The summed E-state index contributed by atoms with van der Waals surface area (Å²) in [6.45, 7) is 0.914. The van der Waals surface area contributed by atoms with Crippen molar-refractivity contribution in [3.63, 3.8) is 0 Å². The van der Waals surface area contributed by atoms with Gasteiger partial charge in [-0.15, -0.1) is 11.3 Å². The molecule has 0 spiro atoms. The lowest BCUT2D eigenvalue weighted by Gasteiger charge is -2.24. The number of hydrogen-bond acceptors (Lipinski definition) is 3. The van der Waals surface area contributed by atoms with Crippen LogP contribution < -0.4 is 0 Å². The number of thiophene rings is 1. The Labute approximate surface area is 128 Å². The van der Waals surface area contributed by atoms with Crippen molar-refractivity contribution < 1.29 is 4.79 Å². The molecule has 5 heteroatoms. The van der Waals surface area contributed by atoms with Crippen LogP contribution in [0.2, 0.25) is 0 Å². The van der Waals surface area contributed by atoms with Gasteiger partial charge < -0.3 is 4.90 Å². The van der Waals surface area contributed by atoms with Gasteiger partial charge in [0.1, 0.15) is 0 Å². The van der Waals surface area contributed by atoms with Crippen LogP contribution >= 0.6 is 11.3 Å². The smallest absolute Gasteiger partial charge is 0.226 e. The van der Waals surface area contributed by atoms with Crippen LogP contribution in [0.5, 0.6) is 0 Å². The standard InChI is InChI=1S/C16H19N3OS/c1-18-10-11(9-17-18)12-8-13(12)16(20)19-6-2-4-14(19)15-5-3-7-21-15/h3,5,7,9-10,12-14H,2,4,6,8H2,1H3/t12-,13-,14+/m0/s1. The highest BCUT2D eigenvalue weighted by molar-refractivity contribution is 7.10. The van der Waals surface area contributed by atoms with Crippen molar-refractivity contribution in [1.29, 1.82) is 0 Å². The van der Waals surface area contributed by atoms with Crippen molar-refractivity contribution in [2.75, 3.05) is 6.54 Å². The molecule has 0 aromatic carbocycles. The first-order valence-corrected chi connectivity index (χ1v) is 8.44. The molecular formula is C16H19N3OS. The lowest BCUT2D eigenvalue weighted by atomic mass is 10.1. The normalized spacial score (nSPS) is 28.0. The Kier molecular flexibility index (Phi) is 3.10. The van der Waals surface area contributed by atoms with Gasteiger partial charge in [0.2, 0.25) is 5.91 Å². The third-order valence-corrected chi connectivity index (χ3v) is 5.64. The largest absolute Gasteiger partial charge is 0.335 e. The molecule has 3 atom stereocenters. The molecule has 1 saturated carbocycles. The summed E-state index contributed by atoms with van der Waals surface area (Å²) in [5.41, 5.74) is 1.21. The molecule has 2 aliphatic rings. The molecule has 110 valence electrons. The number of carbonyl (C=O) groups is 1. The third kappa shape index (κ3) is 2.29. The summed E-state index contributed by atoms with van der Waals surface area (Å²) in [5, 5.41) is 6.32. The first kappa shape index (κ1) is 13.1. The van der Waals surface area contributed by atoms with Gasteiger partial charge >= 0.3 is 0 Å². The molecule has 0 bridgehead atoms. The highest BCUT2D eigenvalue weighted by Crippen LogP contribution is 2.50.